The normalized spacial score (nSPS) is 10.7. The Labute approximate surface area is 87.3 Å². The molecule has 0 aromatic rings. The molecule has 0 saturated heterocycles. The Bertz CT molecular complexity index is 162. The molecule has 0 atom stereocenters. The molecule has 0 radical (unpaired) electrons. The average Bonchev–Trinajstić information content (AvgIpc) is 2.18. The summed E-state index contributed by atoms with van der Waals surface area (Å²) in [6.07, 6.45) is 10.0. The number of rotatable bonds is 8. The van der Waals surface area contributed by atoms with Crippen LogP contribution in [0.15, 0.2) is 12.2 Å². The molecular formula is C12H22O2. The first-order chi connectivity index (χ1) is 6.81. The Kier molecular flexibility index (Phi) is 9.71. The first kappa shape index (κ1) is 13.2. The predicted octanol–water partition coefficient (Wildman–Crippen LogP) is 3.47. The van der Waals surface area contributed by atoms with Crippen LogP contribution in [0.25, 0.3) is 0 Å². The second-order valence-corrected chi connectivity index (χ2v) is 3.42. The molecule has 0 aromatic carbocycles. The molecule has 0 spiro atoms. The quantitative estimate of drug-likeness (QED) is 0.339. The van der Waals surface area contributed by atoms with Crippen molar-refractivity contribution in [1.29, 1.82) is 0 Å². The first-order valence-electron chi connectivity index (χ1n) is 5.64. The molecule has 0 rings (SSSR count). The third kappa shape index (κ3) is 9.30. The van der Waals surface area contributed by atoms with Crippen molar-refractivity contribution in [2.75, 3.05) is 6.61 Å². The molecule has 0 heterocycles. The van der Waals surface area contributed by atoms with Crippen molar-refractivity contribution >= 4 is 5.97 Å². The standard InChI is InChI=1S/C12H22O2/c1-3-5-7-9-11-14-12(13)10-8-6-4-2/h8,10H,3-7,9,11H2,1-2H3/b10-8+. The van der Waals surface area contributed by atoms with Crippen molar-refractivity contribution in [3.63, 3.8) is 0 Å². The third-order valence-corrected chi connectivity index (χ3v) is 1.95. The van der Waals surface area contributed by atoms with Crippen LogP contribution in [-0.2, 0) is 9.53 Å². The lowest BCUT2D eigenvalue weighted by Gasteiger charge is -2.00. The van der Waals surface area contributed by atoms with Gasteiger partial charge >= 0.3 is 5.97 Å². The van der Waals surface area contributed by atoms with Crippen molar-refractivity contribution in [3.8, 4) is 0 Å². The number of allylic oxidation sites excluding steroid dienone is 1. The molecule has 0 aliphatic rings. The van der Waals surface area contributed by atoms with Gasteiger partial charge in [-0.25, -0.2) is 4.79 Å². The smallest absolute Gasteiger partial charge is 0.330 e. The van der Waals surface area contributed by atoms with Gasteiger partial charge in [0.15, 0.2) is 0 Å². The van der Waals surface area contributed by atoms with Gasteiger partial charge in [0, 0.05) is 6.08 Å². The summed E-state index contributed by atoms with van der Waals surface area (Å²) in [5.74, 6) is -0.199. The molecule has 0 aliphatic heterocycles. The number of unbranched alkanes of at least 4 members (excludes halogenated alkanes) is 4. The van der Waals surface area contributed by atoms with Crippen molar-refractivity contribution in [1.82, 2.24) is 0 Å². The van der Waals surface area contributed by atoms with E-state index in [0.29, 0.717) is 6.61 Å². The van der Waals surface area contributed by atoms with Crippen LogP contribution >= 0.6 is 0 Å². The van der Waals surface area contributed by atoms with Crippen molar-refractivity contribution in [2.45, 2.75) is 52.4 Å². The van der Waals surface area contributed by atoms with Gasteiger partial charge in [0.05, 0.1) is 6.61 Å². The number of carbonyl (C=O) groups excluding carboxylic acids is 1. The van der Waals surface area contributed by atoms with E-state index in [-0.39, 0.29) is 5.97 Å². The maximum atomic E-state index is 11.0. The number of hydrogen-bond donors (Lipinski definition) is 0. The molecule has 0 bridgehead atoms. The van der Waals surface area contributed by atoms with Gasteiger partial charge in [0.25, 0.3) is 0 Å². The number of carbonyl (C=O) groups is 1. The van der Waals surface area contributed by atoms with Crippen LogP contribution in [0.1, 0.15) is 52.4 Å². The van der Waals surface area contributed by atoms with E-state index in [2.05, 4.69) is 13.8 Å². The fourth-order valence-corrected chi connectivity index (χ4v) is 1.10. The number of hydrogen-bond acceptors (Lipinski definition) is 2. The largest absolute Gasteiger partial charge is 0.463 e. The lowest BCUT2D eigenvalue weighted by atomic mass is 10.2. The highest BCUT2D eigenvalue weighted by Gasteiger charge is 1.95. The summed E-state index contributed by atoms with van der Waals surface area (Å²) in [7, 11) is 0. The van der Waals surface area contributed by atoms with Crippen molar-refractivity contribution in [3.05, 3.63) is 12.2 Å². The lowest BCUT2D eigenvalue weighted by molar-refractivity contribution is -0.137. The molecule has 14 heavy (non-hydrogen) atoms. The van der Waals surface area contributed by atoms with Gasteiger partial charge < -0.3 is 4.74 Å². The van der Waals surface area contributed by atoms with Gasteiger partial charge in [-0.2, -0.15) is 0 Å². The third-order valence-electron chi connectivity index (χ3n) is 1.95. The van der Waals surface area contributed by atoms with E-state index < -0.39 is 0 Å². The zero-order valence-electron chi connectivity index (χ0n) is 9.42. The minimum atomic E-state index is -0.199. The van der Waals surface area contributed by atoms with Gasteiger partial charge in [0.1, 0.15) is 0 Å². The molecular weight excluding hydrogens is 176 g/mol. The molecule has 2 heteroatoms. The van der Waals surface area contributed by atoms with Crippen LogP contribution in [-0.4, -0.2) is 12.6 Å². The van der Waals surface area contributed by atoms with Crippen molar-refractivity contribution in [2.24, 2.45) is 0 Å². The Hall–Kier alpha value is -0.790. The Morgan fingerprint density at radius 3 is 2.57 bits per heavy atom. The van der Waals surface area contributed by atoms with Crippen molar-refractivity contribution < 1.29 is 9.53 Å². The SMILES string of the molecule is CCC/C=C/C(=O)OCCCCCC. The van der Waals surface area contributed by atoms with Crippen LogP contribution in [0.4, 0.5) is 0 Å². The van der Waals surface area contributed by atoms with Gasteiger partial charge in [-0.15, -0.1) is 0 Å². The highest BCUT2D eigenvalue weighted by molar-refractivity contribution is 5.81. The van der Waals surface area contributed by atoms with E-state index in [0.717, 1.165) is 25.7 Å². The summed E-state index contributed by atoms with van der Waals surface area (Å²) in [6, 6.07) is 0. The minimum Gasteiger partial charge on any atom is -0.463 e. The van der Waals surface area contributed by atoms with E-state index in [9.17, 15) is 4.79 Å². The lowest BCUT2D eigenvalue weighted by Crippen LogP contribution is -2.02. The summed E-state index contributed by atoms with van der Waals surface area (Å²) in [6.45, 7) is 4.81. The summed E-state index contributed by atoms with van der Waals surface area (Å²) in [5.41, 5.74) is 0. The van der Waals surface area contributed by atoms with Crippen LogP contribution in [0, 0.1) is 0 Å². The predicted molar refractivity (Wildman–Crippen MR) is 59.1 cm³/mol. The first-order valence-corrected chi connectivity index (χ1v) is 5.64. The highest BCUT2D eigenvalue weighted by atomic mass is 16.5. The second-order valence-electron chi connectivity index (χ2n) is 3.42. The summed E-state index contributed by atoms with van der Waals surface area (Å²) >= 11 is 0. The summed E-state index contributed by atoms with van der Waals surface area (Å²) in [4.78, 5) is 11.0. The van der Waals surface area contributed by atoms with E-state index in [1.807, 2.05) is 6.08 Å². The van der Waals surface area contributed by atoms with Crippen LogP contribution in [0.2, 0.25) is 0 Å². The Morgan fingerprint density at radius 1 is 1.14 bits per heavy atom. The van der Waals surface area contributed by atoms with E-state index in [1.54, 1.807) is 0 Å². The second kappa shape index (κ2) is 10.3. The van der Waals surface area contributed by atoms with Gasteiger partial charge in [-0.3, -0.25) is 0 Å². The molecule has 82 valence electrons. The van der Waals surface area contributed by atoms with Gasteiger partial charge in [-0.05, 0) is 12.8 Å². The molecule has 0 amide bonds. The molecule has 0 saturated carbocycles. The van der Waals surface area contributed by atoms with E-state index in [4.69, 9.17) is 4.74 Å². The number of ether oxygens (including phenoxy) is 1. The molecule has 0 aromatic heterocycles. The monoisotopic (exact) mass is 198 g/mol. The molecule has 0 aliphatic carbocycles. The van der Waals surface area contributed by atoms with E-state index in [1.165, 1.54) is 18.9 Å². The topological polar surface area (TPSA) is 26.3 Å². The zero-order chi connectivity index (χ0) is 10.6. The van der Waals surface area contributed by atoms with Crippen LogP contribution in [0.5, 0.6) is 0 Å². The Balaban J connectivity index is 3.26. The fourth-order valence-electron chi connectivity index (χ4n) is 1.10. The van der Waals surface area contributed by atoms with Crippen LogP contribution in [0.3, 0.4) is 0 Å². The zero-order valence-corrected chi connectivity index (χ0v) is 9.42. The average molecular weight is 198 g/mol. The van der Waals surface area contributed by atoms with Gasteiger partial charge in [-0.1, -0.05) is 45.6 Å². The molecule has 0 fully saturated rings. The van der Waals surface area contributed by atoms with E-state index >= 15 is 0 Å². The maximum absolute atomic E-state index is 11.0. The number of esters is 1. The molecule has 0 unspecified atom stereocenters. The Morgan fingerprint density at radius 2 is 1.93 bits per heavy atom. The van der Waals surface area contributed by atoms with Gasteiger partial charge in [0.2, 0.25) is 0 Å². The maximum Gasteiger partial charge on any atom is 0.330 e. The molecule has 2 nitrogen and oxygen atoms in total. The highest BCUT2D eigenvalue weighted by Crippen LogP contribution is 1.99. The summed E-state index contributed by atoms with van der Waals surface area (Å²) in [5, 5.41) is 0. The fraction of sp³-hybridized carbons (Fsp3) is 0.750. The van der Waals surface area contributed by atoms with Crippen LogP contribution < -0.4 is 0 Å². The molecule has 0 N–H and O–H groups in total. The summed E-state index contributed by atoms with van der Waals surface area (Å²) < 4.78 is 5.01. The minimum absolute atomic E-state index is 0.199.